The summed E-state index contributed by atoms with van der Waals surface area (Å²) in [4.78, 5) is 24.7. The Bertz CT molecular complexity index is 1250. The van der Waals surface area contributed by atoms with Gasteiger partial charge in [0.05, 0.1) is 25.0 Å². The Morgan fingerprint density at radius 2 is 1.69 bits per heavy atom. The maximum atomic E-state index is 14.3. The summed E-state index contributed by atoms with van der Waals surface area (Å²) >= 11 is 1.96. The molecule has 0 N–H and O–H groups in total. The molecule has 1 heterocycles. The fourth-order valence-electron chi connectivity index (χ4n) is 3.11. The average Bonchev–Trinajstić information content (AvgIpc) is 3.08. The average molecular weight is 610 g/mol. The van der Waals surface area contributed by atoms with Crippen LogP contribution in [0.25, 0.3) is 6.08 Å². The molecule has 0 saturated heterocycles. The van der Waals surface area contributed by atoms with Gasteiger partial charge in [-0.25, -0.2) is 26.7 Å². The van der Waals surface area contributed by atoms with Gasteiger partial charge in [-0.3, -0.25) is 4.79 Å². The summed E-state index contributed by atoms with van der Waals surface area (Å²) in [6.07, 6.45) is 1.23. The van der Waals surface area contributed by atoms with Crippen LogP contribution < -0.4 is 14.5 Å². The van der Waals surface area contributed by atoms with Crippen molar-refractivity contribution in [2.75, 3.05) is 25.3 Å². The molecule has 0 unspecified atom stereocenters. The van der Waals surface area contributed by atoms with Gasteiger partial charge in [0.15, 0.2) is 41.4 Å². The predicted molar refractivity (Wildman–Crippen MR) is 123 cm³/mol. The highest BCUT2D eigenvalue weighted by Gasteiger charge is 2.37. The van der Waals surface area contributed by atoms with Crippen LogP contribution in [0, 0.1) is 32.7 Å². The summed E-state index contributed by atoms with van der Waals surface area (Å²) in [5.41, 5.74) is -1.59. The Kier molecular flexibility index (Phi) is 7.97. The second kappa shape index (κ2) is 10.6. The van der Waals surface area contributed by atoms with Gasteiger partial charge < -0.3 is 14.2 Å². The molecule has 0 spiro atoms. The summed E-state index contributed by atoms with van der Waals surface area (Å²) in [7, 11) is 1.35. The minimum atomic E-state index is -2.36. The fraction of sp³-hybridized carbons (Fsp3) is 0.227. The zero-order valence-corrected chi connectivity index (χ0v) is 20.5. The fourth-order valence-corrected chi connectivity index (χ4v) is 3.72. The van der Waals surface area contributed by atoms with Crippen LogP contribution in [0.2, 0.25) is 0 Å². The van der Waals surface area contributed by atoms with E-state index in [1.54, 1.807) is 19.1 Å². The zero-order valence-electron chi connectivity index (χ0n) is 18.3. The van der Waals surface area contributed by atoms with Gasteiger partial charge in [-0.1, -0.05) is 0 Å². The second-order valence-electron chi connectivity index (χ2n) is 6.90. The number of ether oxygens (including phenoxy) is 3. The smallest absolute Gasteiger partial charge is 0.344 e. The van der Waals surface area contributed by atoms with E-state index < -0.39 is 53.3 Å². The largest absolute Gasteiger partial charge is 0.493 e. The molecule has 3 rings (SSSR count). The number of hydrazone groups is 1. The van der Waals surface area contributed by atoms with Crippen molar-refractivity contribution in [3.05, 3.63) is 55.9 Å². The molecule has 0 saturated carbocycles. The van der Waals surface area contributed by atoms with Crippen molar-refractivity contribution >= 4 is 51.9 Å². The third kappa shape index (κ3) is 5.09. The van der Waals surface area contributed by atoms with Crippen molar-refractivity contribution in [2.45, 2.75) is 13.8 Å². The first-order chi connectivity index (χ1) is 16.5. The SMILES string of the molecule is CCOC(=O)COc1c(/C=C2\C(=O)N(c3c(F)c(F)c(F)c(F)c3F)N=C2C)cc(I)cc1OC. The first kappa shape index (κ1) is 26.4. The molecule has 0 aliphatic carbocycles. The predicted octanol–water partition coefficient (Wildman–Crippen LogP) is 4.74. The summed E-state index contributed by atoms with van der Waals surface area (Å²) in [6.45, 7) is 2.56. The first-order valence-electron chi connectivity index (χ1n) is 9.80. The quantitative estimate of drug-likeness (QED) is 0.113. The number of hydrogen-bond donors (Lipinski definition) is 0. The van der Waals surface area contributed by atoms with Gasteiger partial charge in [-0.05, 0) is 54.6 Å². The second-order valence-corrected chi connectivity index (χ2v) is 8.14. The number of benzene rings is 2. The van der Waals surface area contributed by atoms with Crippen LogP contribution in [0.5, 0.6) is 11.5 Å². The van der Waals surface area contributed by atoms with E-state index in [9.17, 15) is 31.5 Å². The van der Waals surface area contributed by atoms with Crippen molar-refractivity contribution in [3.63, 3.8) is 0 Å². The maximum Gasteiger partial charge on any atom is 0.344 e. The van der Waals surface area contributed by atoms with Crippen LogP contribution in [0.3, 0.4) is 0 Å². The van der Waals surface area contributed by atoms with E-state index in [0.29, 0.717) is 3.57 Å². The van der Waals surface area contributed by atoms with Crippen molar-refractivity contribution in [2.24, 2.45) is 5.10 Å². The zero-order chi connectivity index (χ0) is 26.0. The summed E-state index contributed by atoms with van der Waals surface area (Å²) in [6, 6.07) is 3.14. The Morgan fingerprint density at radius 3 is 2.26 bits per heavy atom. The lowest BCUT2D eigenvalue weighted by molar-refractivity contribution is -0.145. The number of halogens is 6. The molecule has 0 fully saturated rings. The minimum absolute atomic E-state index is 0.0451. The molecule has 0 aromatic heterocycles. The molecule has 13 heteroatoms. The lowest BCUT2D eigenvalue weighted by Gasteiger charge is -2.16. The Hall–Kier alpha value is -3.23. The number of amides is 1. The molecule has 0 bridgehead atoms. The number of anilines is 1. The minimum Gasteiger partial charge on any atom is -0.493 e. The molecule has 1 aliphatic rings. The Labute approximate surface area is 209 Å². The molecule has 186 valence electrons. The van der Waals surface area contributed by atoms with Gasteiger partial charge in [0.1, 0.15) is 5.69 Å². The molecule has 0 atom stereocenters. The monoisotopic (exact) mass is 610 g/mol. The van der Waals surface area contributed by atoms with Gasteiger partial charge in [0.25, 0.3) is 5.91 Å². The highest BCUT2D eigenvalue weighted by atomic mass is 127. The van der Waals surface area contributed by atoms with Gasteiger partial charge in [-0.2, -0.15) is 10.1 Å². The number of rotatable bonds is 7. The summed E-state index contributed by atoms with van der Waals surface area (Å²) < 4.78 is 85.6. The first-order valence-corrected chi connectivity index (χ1v) is 10.9. The van der Waals surface area contributed by atoms with Gasteiger partial charge >= 0.3 is 5.97 Å². The molecule has 2 aromatic rings. The molecular weight excluding hydrogens is 594 g/mol. The van der Waals surface area contributed by atoms with Gasteiger partial charge in [-0.15, -0.1) is 0 Å². The van der Waals surface area contributed by atoms with E-state index in [1.807, 2.05) is 22.6 Å². The van der Waals surface area contributed by atoms with E-state index >= 15 is 0 Å². The highest BCUT2D eigenvalue weighted by Crippen LogP contribution is 2.37. The van der Waals surface area contributed by atoms with Crippen LogP contribution in [-0.2, 0) is 14.3 Å². The third-order valence-corrected chi connectivity index (χ3v) is 5.29. The van der Waals surface area contributed by atoms with E-state index in [-0.39, 0.29) is 40.0 Å². The lowest BCUT2D eigenvalue weighted by atomic mass is 10.1. The normalized spacial score (nSPS) is 14.4. The number of esters is 1. The number of hydrogen-bond acceptors (Lipinski definition) is 6. The molecule has 1 amide bonds. The number of nitrogens with zero attached hydrogens (tertiary/aromatic N) is 2. The molecule has 0 radical (unpaired) electrons. The molecule has 35 heavy (non-hydrogen) atoms. The van der Waals surface area contributed by atoms with E-state index in [0.717, 1.165) is 0 Å². The molecule has 7 nitrogen and oxygen atoms in total. The van der Waals surface area contributed by atoms with Gasteiger partial charge in [0.2, 0.25) is 5.82 Å². The van der Waals surface area contributed by atoms with Crippen LogP contribution in [0.1, 0.15) is 19.4 Å². The van der Waals surface area contributed by atoms with Gasteiger partial charge in [0, 0.05) is 9.13 Å². The van der Waals surface area contributed by atoms with Crippen molar-refractivity contribution in [1.29, 1.82) is 0 Å². The number of methoxy groups -OCH3 is 1. The third-order valence-electron chi connectivity index (χ3n) is 4.67. The molecular formula is C22H16F5IN2O5. The Balaban J connectivity index is 2.08. The van der Waals surface area contributed by atoms with Crippen molar-refractivity contribution in [3.8, 4) is 11.5 Å². The number of carbonyl (C=O) groups is 2. The van der Waals surface area contributed by atoms with E-state index in [2.05, 4.69) is 5.10 Å². The lowest BCUT2D eigenvalue weighted by Crippen LogP contribution is -2.25. The molecule has 1 aliphatic heterocycles. The summed E-state index contributed by atoms with van der Waals surface area (Å²) in [5.74, 6) is -12.8. The van der Waals surface area contributed by atoms with Crippen LogP contribution in [-0.4, -0.2) is 37.9 Å². The van der Waals surface area contributed by atoms with Crippen LogP contribution >= 0.6 is 22.6 Å². The van der Waals surface area contributed by atoms with E-state index in [1.165, 1.54) is 20.1 Å². The van der Waals surface area contributed by atoms with Crippen LogP contribution in [0.4, 0.5) is 27.6 Å². The standard InChI is InChI=1S/C22H16F5IN2O5/c1-4-34-14(31)8-35-21-10(5-11(28)7-13(21)33-3)6-12-9(2)29-30(22(12)32)20-18(26)16(24)15(23)17(25)19(20)27/h5-7H,4,8H2,1-3H3/b12-6-. The Morgan fingerprint density at radius 1 is 1.09 bits per heavy atom. The number of carbonyl (C=O) groups excluding carboxylic acids is 2. The summed E-state index contributed by atoms with van der Waals surface area (Å²) in [5, 5.41) is 3.79. The highest BCUT2D eigenvalue weighted by molar-refractivity contribution is 14.1. The van der Waals surface area contributed by atoms with Crippen LogP contribution in [0.15, 0.2) is 22.8 Å². The van der Waals surface area contributed by atoms with Crippen molar-refractivity contribution in [1.82, 2.24) is 0 Å². The van der Waals surface area contributed by atoms with E-state index in [4.69, 9.17) is 14.2 Å². The maximum absolute atomic E-state index is 14.3. The van der Waals surface area contributed by atoms with Crippen molar-refractivity contribution < 1.29 is 45.8 Å². The molecule has 2 aromatic carbocycles. The topological polar surface area (TPSA) is 77.4 Å².